The SMILES string of the molecule is C=CC[C@@]1(CO)CCCN(Cc2n[nH]c(C)c2Cl)C1. The largest absolute Gasteiger partial charge is 0.396 e. The smallest absolute Gasteiger partial charge is 0.0951 e. The van der Waals surface area contributed by atoms with Crippen LogP contribution in [0.15, 0.2) is 12.7 Å². The van der Waals surface area contributed by atoms with Crippen molar-refractivity contribution in [3.05, 3.63) is 29.1 Å². The summed E-state index contributed by atoms with van der Waals surface area (Å²) in [6.45, 7) is 8.58. The lowest BCUT2D eigenvalue weighted by Gasteiger charge is -2.41. The Kier molecular flexibility index (Phi) is 4.66. The molecule has 2 heterocycles. The number of allylic oxidation sites excluding steroid dienone is 1. The highest BCUT2D eigenvalue weighted by molar-refractivity contribution is 6.31. The average Bonchev–Trinajstić information content (AvgIpc) is 2.72. The number of H-pyrrole nitrogens is 1. The quantitative estimate of drug-likeness (QED) is 0.817. The first-order chi connectivity index (χ1) is 9.10. The second kappa shape index (κ2) is 6.07. The van der Waals surface area contributed by atoms with Crippen LogP contribution in [0.25, 0.3) is 0 Å². The van der Waals surface area contributed by atoms with Crippen LogP contribution in [0.2, 0.25) is 5.02 Å². The van der Waals surface area contributed by atoms with Gasteiger partial charge in [-0.05, 0) is 32.7 Å². The summed E-state index contributed by atoms with van der Waals surface area (Å²) in [6.07, 6.45) is 4.91. The van der Waals surface area contributed by atoms with E-state index in [4.69, 9.17) is 11.6 Å². The Hall–Kier alpha value is -0.840. The first-order valence-electron chi connectivity index (χ1n) is 6.74. The zero-order chi connectivity index (χ0) is 13.9. The van der Waals surface area contributed by atoms with Crippen molar-refractivity contribution in [1.29, 1.82) is 0 Å². The van der Waals surface area contributed by atoms with Crippen LogP contribution >= 0.6 is 11.6 Å². The van der Waals surface area contributed by atoms with E-state index >= 15 is 0 Å². The third-order valence-electron chi connectivity index (χ3n) is 3.97. The number of nitrogens with one attached hydrogen (secondary N) is 1. The number of likely N-dealkylation sites (tertiary alicyclic amines) is 1. The molecule has 2 N–H and O–H groups in total. The van der Waals surface area contributed by atoms with Crippen LogP contribution in [0.3, 0.4) is 0 Å². The summed E-state index contributed by atoms with van der Waals surface area (Å²) in [7, 11) is 0. The van der Waals surface area contributed by atoms with E-state index in [1.807, 2.05) is 13.0 Å². The van der Waals surface area contributed by atoms with Gasteiger partial charge in [0.15, 0.2) is 0 Å². The third-order valence-corrected chi connectivity index (χ3v) is 4.47. The summed E-state index contributed by atoms with van der Waals surface area (Å²) in [5, 5.41) is 17.6. The van der Waals surface area contributed by atoms with Gasteiger partial charge in [0.25, 0.3) is 0 Å². The third kappa shape index (κ3) is 3.19. The molecule has 0 aromatic carbocycles. The highest BCUT2D eigenvalue weighted by atomic mass is 35.5. The summed E-state index contributed by atoms with van der Waals surface area (Å²) in [5.74, 6) is 0. The molecule has 1 atom stereocenters. The van der Waals surface area contributed by atoms with Gasteiger partial charge < -0.3 is 5.11 Å². The normalized spacial score (nSPS) is 24.6. The van der Waals surface area contributed by atoms with Gasteiger partial charge in [0.05, 0.1) is 23.0 Å². The molecule has 106 valence electrons. The van der Waals surface area contributed by atoms with E-state index in [1.165, 1.54) is 0 Å². The molecule has 0 bridgehead atoms. The van der Waals surface area contributed by atoms with Gasteiger partial charge in [-0.2, -0.15) is 5.10 Å². The van der Waals surface area contributed by atoms with Gasteiger partial charge in [0.1, 0.15) is 0 Å². The predicted octanol–water partition coefficient (Wildman–Crippen LogP) is 2.52. The van der Waals surface area contributed by atoms with Crippen LogP contribution in [0.5, 0.6) is 0 Å². The first kappa shape index (κ1) is 14.6. The van der Waals surface area contributed by atoms with Gasteiger partial charge in [-0.3, -0.25) is 10.00 Å². The fourth-order valence-electron chi connectivity index (χ4n) is 2.89. The Morgan fingerprint density at radius 2 is 2.42 bits per heavy atom. The van der Waals surface area contributed by atoms with E-state index in [9.17, 15) is 5.11 Å². The number of aromatic nitrogens is 2. The standard InChI is InChI=1S/C14H22ClN3O/c1-3-5-14(10-19)6-4-7-18(9-14)8-12-13(15)11(2)16-17-12/h3,19H,1,4-10H2,2H3,(H,16,17)/t14-/m1/s1. The maximum Gasteiger partial charge on any atom is 0.0951 e. The minimum absolute atomic E-state index is 0.0438. The van der Waals surface area contributed by atoms with Gasteiger partial charge in [-0.1, -0.05) is 17.7 Å². The molecule has 1 aliphatic heterocycles. The van der Waals surface area contributed by atoms with E-state index in [0.29, 0.717) is 0 Å². The molecule has 0 amide bonds. The number of aliphatic hydroxyl groups is 1. The van der Waals surface area contributed by atoms with Crippen molar-refractivity contribution in [2.45, 2.75) is 32.7 Å². The van der Waals surface area contributed by atoms with E-state index in [0.717, 1.165) is 55.3 Å². The van der Waals surface area contributed by atoms with Crippen molar-refractivity contribution < 1.29 is 5.11 Å². The summed E-state index contributed by atoms with van der Waals surface area (Å²) in [4.78, 5) is 2.32. The van der Waals surface area contributed by atoms with Gasteiger partial charge in [0, 0.05) is 18.5 Å². The Balaban J connectivity index is 2.05. The van der Waals surface area contributed by atoms with Crippen LogP contribution < -0.4 is 0 Å². The Morgan fingerprint density at radius 1 is 1.63 bits per heavy atom. The van der Waals surface area contributed by atoms with Gasteiger partial charge in [-0.25, -0.2) is 0 Å². The van der Waals surface area contributed by atoms with Gasteiger partial charge in [0.2, 0.25) is 0 Å². The minimum Gasteiger partial charge on any atom is -0.396 e. The molecule has 1 aliphatic rings. The molecule has 0 spiro atoms. The molecule has 0 saturated carbocycles. The topological polar surface area (TPSA) is 52.1 Å². The predicted molar refractivity (Wildman–Crippen MR) is 77.2 cm³/mol. The fraction of sp³-hybridized carbons (Fsp3) is 0.643. The lowest BCUT2D eigenvalue weighted by molar-refractivity contribution is 0.0304. The molecule has 19 heavy (non-hydrogen) atoms. The second-order valence-corrected chi connectivity index (χ2v) is 5.95. The molecule has 1 aromatic rings. The average molecular weight is 284 g/mol. The van der Waals surface area contributed by atoms with E-state index in [-0.39, 0.29) is 12.0 Å². The van der Waals surface area contributed by atoms with Crippen LogP contribution in [-0.4, -0.2) is 39.9 Å². The number of hydrogen-bond donors (Lipinski definition) is 2. The van der Waals surface area contributed by atoms with Gasteiger partial charge >= 0.3 is 0 Å². The van der Waals surface area contributed by atoms with Crippen molar-refractivity contribution in [2.24, 2.45) is 5.41 Å². The van der Waals surface area contributed by atoms with E-state index < -0.39 is 0 Å². The van der Waals surface area contributed by atoms with Crippen LogP contribution in [0.1, 0.15) is 30.7 Å². The highest BCUT2D eigenvalue weighted by Gasteiger charge is 2.34. The molecule has 4 nitrogen and oxygen atoms in total. The van der Waals surface area contributed by atoms with Crippen molar-refractivity contribution in [3.8, 4) is 0 Å². The summed E-state index contributed by atoms with van der Waals surface area (Å²) in [6, 6.07) is 0. The Bertz CT molecular complexity index is 446. The number of halogens is 1. The molecular weight excluding hydrogens is 262 g/mol. The molecular formula is C14H22ClN3O. The van der Waals surface area contributed by atoms with Crippen LogP contribution in [-0.2, 0) is 6.54 Å². The highest BCUT2D eigenvalue weighted by Crippen LogP contribution is 2.34. The number of rotatable bonds is 5. The summed E-state index contributed by atoms with van der Waals surface area (Å²) < 4.78 is 0. The van der Waals surface area contributed by atoms with Crippen molar-refractivity contribution in [3.63, 3.8) is 0 Å². The van der Waals surface area contributed by atoms with Crippen LogP contribution in [0, 0.1) is 12.3 Å². The van der Waals surface area contributed by atoms with Crippen LogP contribution in [0.4, 0.5) is 0 Å². The maximum atomic E-state index is 9.69. The van der Waals surface area contributed by atoms with Crippen molar-refractivity contribution >= 4 is 11.6 Å². The number of hydrogen-bond acceptors (Lipinski definition) is 3. The van der Waals surface area contributed by atoms with E-state index in [1.54, 1.807) is 0 Å². The number of aryl methyl sites for hydroxylation is 1. The van der Waals surface area contributed by atoms with Gasteiger partial charge in [-0.15, -0.1) is 6.58 Å². The molecule has 0 aliphatic carbocycles. The monoisotopic (exact) mass is 283 g/mol. The molecule has 5 heteroatoms. The zero-order valence-corrected chi connectivity index (χ0v) is 12.2. The number of nitrogens with zero attached hydrogens (tertiary/aromatic N) is 2. The van der Waals surface area contributed by atoms with Crippen molar-refractivity contribution in [1.82, 2.24) is 15.1 Å². The van der Waals surface area contributed by atoms with E-state index in [2.05, 4.69) is 21.7 Å². The fourth-order valence-corrected chi connectivity index (χ4v) is 3.04. The molecule has 1 saturated heterocycles. The minimum atomic E-state index is -0.0438. The number of aliphatic hydroxyl groups excluding tert-OH is 1. The lowest BCUT2D eigenvalue weighted by atomic mass is 9.78. The molecule has 1 fully saturated rings. The maximum absolute atomic E-state index is 9.69. The second-order valence-electron chi connectivity index (χ2n) is 5.57. The first-order valence-corrected chi connectivity index (χ1v) is 7.11. The number of aromatic amines is 1. The summed E-state index contributed by atoms with van der Waals surface area (Å²) >= 11 is 6.21. The molecule has 2 rings (SSSR count). The molecule has 0 radical (unpaired) electrons. The zero-order valence-electron chi connectivity index (χ0n) is 11.5. The Labute approximate surface area is 119 Å². The summed E-state index contributed by atoms with van der Waals surface area (Å²) in [5.41, 5.74) is 1.76. The Morgan fingerprint density at radius 3 is 3.00 bits per heavy atom. The molecule has 1 aromatic heterocycles. The number of piperidine rings is 1. The lowest BCUT2D eigenvalue weighted by Crippen LogP contribution is -2.44. The van der Waals surface area contributed by atoms with Crippen molar-refractivity contribution in [2.75, 3.05) is 19.7 Å². The molecule has 0 unspecified atom stereocenters.